The van der Waals surface area contributed by atoms with E-state index in [2.05, 4.69) is 22.1 Å². The van der Waals surface area contributed by atoms with Crippen molar-refractivity contribution in [3.63, 3.8) is 0 Å². The van der Waals surface area contributed by atoms with E-state index in [1.807, 2.05) is 11.8 Å². The van der Waals surface area contributed by atoms with Crippen molar-refractivity contribution in [2.45, 2.75) is 13.3 Å². The predicted molar refractivity (Wildman–Crippen MR) is 63.0 cm³/mol. The van der Waals surface area contributed by atoms with E-state index in [1.54, 1.807) is 0 Å². The highest BCUT2D eigenvalue weighted by molar-refractivity contribution is 8.14. The molecule has 1 saturated heterocycles. The van der Waals surface area contributed by atoms with E-state index < -0.39 is 0 Å². The molecule has 1 atom stereocenters. The van der Waals surface area contributed by atoms with Crippen LogP contribution in [-0.2, 0) is 0 Å². The standard InChI is InChI=1S/C10H19N3S/c1-2-13-5-3-9(8-13)7-12-10-11-4-6-14-10/h9H,2-8H2,1H3,(H,11,12). The summed E-state index contributed by atoms with van der Waals surface area (Å²) in [5.41, 5.74) is 0. The van der Waals surface area contributed by atoms with Crippen molar-refractivity contribution in [1.29, 1.82) is 0 Å². The minimum absolute atomic E-state index is 0.832. The Labute approximate surface area is 90.3 Å². The Morgan fingerprint density at radius 3 is 3.21 bits per heavy atom. The van der Waals surface area contributed by atoms with E-state index in [-0.39, 0.29) is 0 Å². The number of hydrogen-bond acceptors (Lipinski definition) is 4. The van der Waals surface area contributed by atoms with Gasteiger partial charge < -0.3 is 10.2 Å². The molecule has 0 spiro atoms. The number of nitrogens with zero attached hydrogens (tertiary/aromatic N) is 2. The third kappa shape index (κ3) is 2.64. The van der Waals surface area contributed by atoms with Crippen LogP contribution in [0.3, 0.4) is 0 Å². The summed E-state index contributed by atoms with van der Waals surface area (Å²) in [6.07, 6.45) is 1.35. The van der Waals surface area contributed by atoms with Gasteiger partial charge in [0.25, 0.3) is 0 Å². The molecule has 14 heavy (non-hydrogen) atoms. The summed E-state index contributed by atoms with van der Waals surface area (Å²) in [6.45, 7) is 8.10. The van der Waals surface area contributed by atoms with Gasteiger partial charge in [0, 0.05) is 18.8 Å². The fraction of sp³-hybridized carbons (Fsp3) is 0.900. The van der Waals surface area contributed by atoms with Gasteiger partial charge in [-0.15, -0.1) is 0 Å². The van der Waals surface area contributed by atoms with Gasteiger partial charge >= 0.3 is 0 Å². The normalized spacial score (nSPS) is 28.1. The maximum absolute atomic E-state index is 4.39. The lowest BCUT2D eigenvalue weighted by Gasteiger charge is -2.13. The van der Waals surface area contributed by atoms with Gasteiger partial charge in [-0.05, 0) is 25.4 Å². The third-order valence-electron chi connectivity index (χ3n) is 2.94. The fourth-order valence-electron chi connectivity index (χ4n) is 2.04. The van der Waals surface area contributed by atoms with Crippen LogP contribution >= 0.6 is 11.8 Å². The zero-order valence-corrected chi connectivity index (χ0v) is 9.65. The van der Waals surface area contributed by atoms with Gasteiger partial charge in [0.15, 0.2) is 5.17 Å². The van der Waals surface area contributed by atoms with Crippen LogP contribution in [0.2, 0.25) is 0 Å². The van der Waals surface area contributed by atoms with E-state index in [9.17, 15) is 0 Å². The molecular formula is C10H19N3S. The largest absolute Gasteiger partial charge is 0.365 e. The van der Waals surface area contributed by atoms with Gasteiger partial charge in [-0.2, -0.15) is 0 Å². The van der Waals surface area contributed by atoms with Crippen molar-refractivity contribution in [3.05, 3.63) is 0 Å². The Hall–Kier alpha value is -0.220. The summed E-state index contributed by atoms with van der Waals surface area (Å²) in [6, 6.07) is 0. The van der Waals surface area contributed by atoms with Gasteiger partial charge in [-0.1, -0.05) is 18.7 Å². The van der Waals surface area contributed by atoms with Crippen LogP contribution in [0.15, 0.2) is 4.99 Å². The molecule has 2 aliphatic heterocycles. The lowest BCUT2D eigenvalue weighted by atomic mass is 10.1. The molecule has 0 aliphatic carbocycles. The number of nitrogens with one attached hydrogen (secondary N) is 1. The summed E-state index contributed by atoms with van der Waals surface area (Å²) in [5, 5.41) is 4.62. The van der Waals surface area contributed by atoms with Crippen LogP contribution in [0.25, 0.3) is 0 Å². The minimum Gasteiger partial charge on any atom is -0.365 e. The molecule has 0 bridgehead atoms. The second-order valence-electron chi connectivity index (χ2n) is 3.96. The second-order valence-corrected chi connectivity index (χ2v) is 5.05. The van der Waals surface area contributed by atoms with Crippen LogP contribution in [0.5, 0.6) is 0 Å². The van der Waals surface area contributed by atoms with Crippen LogP contribution in [0.1, 0.15) is 13.3 Å². The first-order chi connectivity index (χ1) is 6.88. The molecule has 0 aromatic rings. The number of amidine groups is 1. The van der Waals surface area contributed by atoms with Crippen molar-refractivity contribution in [2.24, 2.45) is 10.9 Å². The summed E-state index contributed by atoms with van der Waals surface area (Å²) < 4.78 is 0. The van der Waals surface area contributed by atoms with Crippen LogP contribution in [-0.4, -0.2) is 48.5 Å². The van der Waals surface area contributed by atoms with E-state index in [0.717, 1.165) is 24.8 Å². The summed E-state index contributed by atoms with van der Waals surface area (Å²) in [5.74, 6) is 1.99. The molecule has 3 nitrogen and oxygen atoms in total. The molecular weight excluding hydrogens is 194 g/mol. The van der Waals surface area contributed by atoms with E-state index in [0.29, 0.717) is 0 Å². The van der Waals surface area contributed by atoms with Gasteiger partial charge in [0.1, 0.15) is 0 Å². The molecule has 80 valence electrons. The second kappa shape index (κ2) is 5.03. The third-order valence-corrected chi connectivity index (χ3v) is 3.88. The lowest BCUT2D eigenvalue weighted by Crippen LogP contribution is -2.28. The molecule has 0 radical (unpaired) electrons. The minimum atomic E-state index is 0.832. The van der Waals surface area contributed by atoms with Gasteiger partial charge in [0.2, 0.25) is 0 Å². The Balaban J connectivity index is 1.66. The highest BCUT2D eigenvalue weighted by atomic mass is 32.2. The molecule has 0 aromatic heterocycles. The highest BCUT2D eigenvalue weighted by Gasteiger charge is 2.21. The number of aliphatic imine (C=N–C) groups is 1. The van der Waals surface area contributed by atoms with Crippen molar-refractivity contribution in [2.75, 3.05) is 38.5 Å². The molecule has 0 aromatic carbocycles. The van der Waals surface area contributed by atoms with Crippen molar-refractivity contribution in [1.82, 2.24) is 10.2 Å². The fourth-order valence-corrected chi connectivity index (χ4v) is 2.78. The molecule has 2 rings (SSSR count). The Kier molecular flexibility index (Phi) is 3.70. The molecule has 4 heteroatoms. The Morgan fingerprint density at radius 1 is 1.64 bits per heavy atom. The lowest BCUT2D eigenvalue weighted by molar-refractivity contribution is 0.342. The number of hydrogen-bond donors (Lipinski definition) is 1. The molecule has 2 heterocycles. The quantitative estimate of drug-likeness (QED) is 0.758. The number of thioether (sulfide) groups is 1. The van der Waals surface area contributed by atoms with Gasteiger partial charge in [0.05, 0.1) is 6.54 Å². The van der Waals surface area contributed by atoms with Gasteiger partial charge in [-0.3, -0.25) is 4.99 Å². The maximum atomic E-state index is 4.39. The Morgan fingerprint density at radius 2 is 2.57 bits per heavy atom. The maximum Gasteiger partial charge on any atom is 0.156 e. The Bertz CT molecular complexity index is 217. The average Bonchev–Trinajstić information content (AvgIpc) is 2.86. The smallest absolute Gasteiger partial charge is 0.156 e. The van der Waals surface area contributed by atoms with Crippen LogP contribution in [0, 0.1) is 5.92 Å². The van der Waals surface area contributed by atoms with Crippen molar-refractivity contribution < 1.29 is 0 Å². The molecule has 1 N–H and O–H groups in total. The van der Waals surface area contributed by atoms with E-state index >= 15 is 0 Å². The first kappa shape index (κ1) is 10.3. The molecule has 1 unspecified atom stereocenters. The first-order valence-electron chi connectivity index (χ1n) is 5.52. The zero-order valence-electron chi connectivity index (χ0n) is 8.83. The van der Waals surface area contributed by atoms with Gasteiger partial charge in [-0.25, -0.2) is 0 Å². The predicted octanol–water partition coefficient (Wildman–Crippen LogP) is 1.02. The van der Waals surface area contributed by atoms with Crippen molar-refractivity contribution in [3.8, 4) is 0 Å². The molecule has 1 fully saturated rings. The van der Waals surface area contributed by atoms with Crippen molar-refractivity contribution >= 4 is 16.9 Å². The summed E-state index contributed by atoms with van der Waals surface area (Å²) >= 11 is 1.86. The number of likely N-dealkylation sites (tertiary alicyclic amines) is 1. The topological polar surface area (TPSA) is 27.6 Å². The van der Waals surface area contributed by atoms with Crippen LogP contribution in [0.4, 0.5) is 0 Å². The number of rotatable bonds is 3. The summed E-state index contributed by atoms with van der Waals surface area (Å²) in [7, 11) is 0. The van der Waals surface area contributed by atoms with E-state index in [4.69, 9.17) is 0 Å². The highest BCUT2D eigenvalue weighted by Crippen LogP contribution is 2.16. The first-order valence-corrected chi connectivity index (χ1v) is 6.50. The summed E-state index contributed by atoms with van der Waals surface area (Å²) in [4.78, 5) is 6.91. The van der Waals surface area contributed by atoms with E-state index in [1.165, 1.54) is 31.2 Å². The molecule has 0 amide bonds. The zero-order chi connectivity index (χ0) is 9.80. The molecule has 2 aliphatic rings. The molecule has 0 saturated carbocycles. The average molecular weight is 213 g/mol. The SMILES string of the molecule is CCN1CCC(CNC2=NCCS2)C1. The monoisotopic (exact) mass is 213 g/mol. The van der Waals surface area contributed by atoms with Crippen LogP contribution < -0.4 is 5.32 Å².